The van der Waals surface area contributed by atoms with E-state index in [0.29, 0.717) is 35.8 Å². The van der Waals surface area contributed by atoms with E-state index in [1.165, 1.54) is 0 Å². The minimum absolute atomic E-state index is 0.370. The summed E-state index contributed by atoms with van der Waals surface area (Å²) in [5.74, 6) is 1.21. The first-order chi connectivity index (χ1) is 21.8. The van der Waals surface area contributed by atoms with Gasteiger partial charge < -0.3 is 29.6 Å². The molecule has 2 N–H and O–H groups in total. The number of ether oxygens (including phenoxy) is 4. The Kier molecular flexibility index (Phi) is 11.3. The van der Waals surface area contributed by atoms with Crippen LogP contribution in [0.4, 0.5) is 9.59 Å². The molecule has 4 aromatic rings. The van der Waals surface area contributed by atoms with Gasteiger partial charge in [0.1, 0.15) is 35.9 Å². The van der Waals surface area contributed by atoms with Crippen LogP contribution < -0.4 is 20.1 Å². The Hall–Kier alpha value is -4.98. The zero-order valence-corrected chi connectivity index (χ0v) is 27.4. The van der Waals surface area contributed by atoms with E-state index in [1.54, 1.807) is 41.5 Å². The molecule has 8 heteroatoms. The molecule has 0 heterocycles. The number of hydrogen-bond donors (Lipinski definition) is 2. The smallest absolute Gasteiger partial charge is 0.408 e. The highest BCUT2D eigenvalue weighted by Crippen LogP contribution is 2.34. The topological polar surface area (TPSA) is 95.1 Å². The molecule has 2 amide bonds. The fraction of sp³-hybridized carbons (Fsp3) is 0.316. The Morgan fingerprint density at radius 3 is 1.26 bits per heavy atom. The SMILES string of the molecule is CC(C)(C)OC(=O)N[C@H](c1cccc(OCc2ccccc2)c1)[C@@H](NC(=O)OC(C)(C)C)c1cccc(OCc2ccccc2)c1. The molecule has 0 radical (unpaired) electrons. The molecule has 4 rings (SSSR count). The summed E-state index contributed by atoms with van der Waals surface area (Å²) in [6, 6.07) is 33.0. The maximum Gasteiger partial charge on any atom is 0.408 e. The van der Waals surface area contributed by atoms with E-state index in [4.69, 9.17) is 18.9 Å². The van der Waals surface area contributed by atoms with Gasteiger partial charge in [0.15, 0.2) is 0 Å². The Balaban J connectivity index is 1.71. The van der Waals surface area contributed by atoms with Gasteiger partial charge in [-0.2, -0.15) is 0 Å². The summed E-state index contributed by atoms with van der Waals surface area (Å²) >= 11 is 0. The van der Waals surface area contributed by atoms with Crippen molar-refractivity contribution < 1.29 is 28.5 Å². The molecule has 2 atom stereocenters. The van der Waals surface area contributed by atoms with Gasteiger partial charge in [0.25, 0.3) is 0 Å². The molecule has 8 nitrogen and oxygen atoms in total. The van der Waals surface area contributed by atoms with E-state index in [1.807, 2.05) is 109 Å². The molecule has 0 saturated heterocycles. The summed E-state index contributed by atoms with van der Waals surface area (Å²) in [7, 11) is 0. The standard InChI is InChI=1S/C38H44N2O6/c1-37(2,3)45-35(41)39-33(29-19-13-21-31(23-29)43-25-27-15-9-7-10-16-27)34(40-36(42)46-38(4,5)6)30-20-14-22-32(24-30)44-26-28-17-11-8-12-18-28/h7-24,33-34H,25-26H2,1-6H3,(H,39,41)(H,40,42)/t33-,34+. The van der Waals surface area contributed by atoms with E-state index in [-0.39, 0.29) is 0 Å². The van der Waals surface area contributed by atoms with Gasteiger partial charge in [0.05, 0.1) is 12.1 Å². The van der Waals surface area contributed by atoms with Crippen molar-refractivity contribution in [3.8, 4) is 11.5 Å². The zero-order chi connectivity index (χ0) is 33.2. The number of carbonyl (C=O) groups excluding carboxylic acids is 2. The van der Waals surface area contributed by atoms with Crippen molar-refractivity contribution in [1.82, 2.24) is 10.6 Å². The molecule has 0 aromatic heterocycles. The lowest BCUT2D eigenvalue weighted by molar-refractivity contribution is 0.0427. The molecule has 0 saturated carbocycles. The molecule has 4 aromatic carbocycles. The fourth-order valence-electron chi connectivity index (χ4n) is 4.66. The molecule has 0 aliphatic rings. The van der Waals surface area contributed by atoms with Crippen LogP contribution in [0.25, 0.3) is 0 Å². The molecule has 0 fully saturated rings. The summed E-state index contributed by atoms with van der Waals surface area (Å²) in [4.78, 5) is 26.6. The van der Waals surface area contributed by atoms with Gasteiger partial charge in [0, 0.05) is 0 Å². The molecule has 0 aliphatic heterocycles. The maximum atomic E-state index is 13.3. The van der Waals surface area contributed by atoms with Crippen molar-refractivity contribution in [3.05, 3.63) is 131 Å². The summed E-state index contributed by atoms with van der Waals surface area (Å²) < 4.78 is 23.6. The van der Waals surface area contributed by atoms with E-state index in [2.05, 4.69) is 10.6 Å². The second-order valence-corrected chi connectivity index (χ2v) is 12.9. The van der Waals surface area contributed by atoms with Crippen LogP contribution in [-0.4, -0.2) is 23.4 Å². The second-order valence-electron chi connectivity index (χ2n) is 12.9. The number of benzene rings is 4. The summed E-state index contributed by atoms with van der Waals surface area (Å²) in [6.45, 7) is 11.5. The van der Waals surface area contributed by atoms with Crippen LogP contribution in [-0.2, 0) is 22.7 Å². The van der Waals surface area contributed by atoms with Crippen molar-refractivity contribution in [3.63, 3.8) is 0 Å². The number of carbonyl (C=O) groups is 2. The first-order valence-corrected chi connectivity index (χ1v) is 15.4. The Morgan fingerprint density at radius 1 is 0.543 bits per heavy atom. The molecule has 0 bridgehead atoms. The first kappa shape index (κ1) is 33.9. The Morgan fingerprint density at radius 2 is 0.913 bits per heavy atom. The lowest BCUT2D eigenvalue weighted by Crippen LogP contribution is -2.44. The van der Waals surface area contributed by atoms with Gasteiger partial charge in [-0.15, -0.1) is 0 Å². The number of alkyl carbamates (subject to hydrolysis) is 2. The van der Waals surface area contributed by atoms with Gasteiger partial charge in [-0.05, 0) is 88.1 Å². The molecular weight excluding hydrogens is 580 g/mol. The number of hydrogen-bond acceptors (Lipinski definition) is 6. The Bertz CT molecular complexity index is 1440. The monoisotopic (exact) mass is 624 g/mol. The molecule has 242 valence electrons. The average molecular weight is 625 g/mol. The predicted molar refractivity (Wildman–Crippen MR) is 179 cm³/mol. The van der Waals surface area contributed by atoms with E-state index >= 15 is 0 Å². The number of nitrogens with one attached hydrogen (secondary N) is 2. The normalized spacial score (nSPS) is 12.7. The van der Waals surface area contributed by atoms with Crippen LogP contribution in [0.15, 0.2) is 109 Å². The minimum atomic E-state index is -0.785. The van der Waals surface area contributed by atoms with Crippen LogP contribution in [0.3, 0.4) is 0 Å². The molecule has 46 heavy (non-hydrogen) atoms. The summed E-state index contributed by atoms with van der Waals surface area (Å²) in [5.41, 5.74) is 1.94. The van der Waals surface area contributed by atoms with E-state index < -0.39 is 35.5 Å². The highest BCUT2D eigenvalue weighted by Gasteiger charge is 2.32. The largest absolute Gasteiger partial charge is 0.489 e. The van der Waals surface area contributed by atoms with Gasteiger partial charge in [-0.3, -0.25) is 0 Å². The van der Waals surface area contributed by atoms with Crippen LogP contribution in [0.2, 0.25) is 0 Å². The first-order valence-electron chi connectivity index (χ1n) is 15.4. The van der Waals surface area contributed by atoms with Crippen molar-refractivity contribution in [1.29, 1.82) is 0 Å². The van der Waals surface area contributed by atoms with E-state index in [0.717, 1.165) is 11.1 Å². The molecular formula is C38H44N2O6. The van der Waals surface area contributed by atoms with E-state index in [9.17, 15) is 9.59 Å². The van der Waals surface area contributed by atoms with Gasteiger partial charge in [-0.1, -0.05) is 84.9 Å². The summed E-state index contributed by atoms with van der Waals surface area (Å²) in [5, 5.41) is 6.01. The zero-order valence-electron chi connectivity index (χ0n) is 27.4. The van der Waals surface area contributed by atoms with Gasteiger partial charge in [0.2, 0.25) is 0 Å². The molecule has 0 spiro atoms. The highest BCUT2D eigenvalue weighted by molar-refractivity contribution is 5.71. The number of amides is 2. The average Bonchev–Trinajstić information content (AvgIpc) is 3.00. The quantitative estimate of drug-likeness (QED) is 0.173. The Labute approximate surface area is 272 Å². The molecule has 0 aliphatic carbocycles. The van der Waals surface area contributed by atoms with Crippen LogP contribution in [0, 0.1) is 0 Å². The third-order valence-corrected chi connectivity index (χ3v) is 6.61. The van der Waals surface area contributed by atoms with Crippen LogP contribution in [0.1, 0.15) is 75.9 Å². The third kappa shape index (κ3) is 11.2. The second kappa shape index (κ2) is 15.3. The van der Waals surface area contributed by atoms with Gasteiger partial charge >= 0.3 is 12.2 Å². The van der Waals surface area contributed by atoms with Crippen molar-refractivity contribution >= 4 is 12.2 Å². The summed E-state index contributed by atoms with van der Waals surface area (Å²) in [6.07, 6.45) is -1.28. The van der Waals surface area contributed by atoms with Crippen molar-refractivity contribution in [2.45, 2.75) is 78.0 Å². The lowest BCUT2D eigenvalue weighted by Gasteiger charge is -2.32. The van der Waals surface area contributed by atoms with Gasteiger partial charge in [-0.25, -0.2) is 9.59 Å². The highest BCUT2D eigenvalue weighted by atomic mass is 16.6. The third-order valence-electron chi connectivity index (χ3n) is 6.61. The van der Waals surface area contributed by atoms with Crippen molar-refractivity contribution in [2.75, 3.05) is 0 Å². The predicted octanol–water partition coefficient (Wildman–Crippen LogP) is 8.68. The van der Waals surface area contributed by atoms with Crippen LogP contribution >= 0.6 is 0 Å². The minimum Gasteiger partial charge on any atom is -0.489 e. The fourth-order valence-corrected chi connectivity index (χ4v) is 4.66. The van der Waals surface area contributed by atoms with Crippen LogP contribution in [0.5, 0.6) is 11.5 Å². The lowest BCUT2D eigenvalue weighted by atomic mass is 9.93. The van der Waals surface area contributed by atoms with Crippen molar-refractivity contribution in [2.24, 2.45) is 0 Å². The number of rotatable bonds is 11. The maximum absolute atomic E-state index is 13.3. The molecule has 0 unspecified atom stereocenters.